The molecule has 4 rings (SSSR count). The maximum Gasteiger partial charge on any atom is 0.225 e. The van der Waals surface area contributed by atoms with E-state index < -0.39 is 0 Å². The molecule has 1 amide bonds. The van der Waals surface area contributed by atoms with Crippen molar-refractivity contribution in [3.63, 3.8) is 0 Å². The summed E-state index contributed by atoms with van der Waals surface area (Å²) in [5.41, 5.74) is 1.29. The molecule has 2 aliphatic heterocycles. The maximum absolute atomic E-state index is 12.2. The van der Waals surface area contributed by atoms with Gasteiger partial charge in [0.05, 0.1) is 12.1 Å². The van der Waals surface area contributed by atoms with E-state index in [-0.39, 0.29) is 6.10 Å². The zero-order valence-corrected chi connectivity index (χ0v) is 13.7. The summed E-state index contributed by atoms with van der Waals surface area (Å²) in [6.07, 6.45) is 8.34. The zero-order valence-electron chi connectivity index (χ0n) is 13.7. The Labute approximate surface area is 137 Å². The maximum atomic E-state index is 12.2. The third-order valence-corrected chi connectivity index (χ3v) is 5.62. The molecule has 1 aliphatic carbocycles. The van der Waals surface area contributed by atoms with Crippen molar-refractivity contribution in [2.75, 3.05) is 26.7 Å². The molecular formula is C18H25N3O2. The Morgan fingerprint density at radius 3 is 2.48 bits per heavy atom. The molecule has 2 unspecified atom stereocenters. The third-order valence-electron chi connectivity index (χ3n) is 5.62. The summed E-state index contributed by atoms with van der Waals surface area (Å²) in [6.45, 7) is 2.82. The minimum Gasteiger partial charge on any atom is -0.378 e. The first-order valence-corrected chi connectivity index (χ1v) is 8.75. The molecule has 23 heavy (non-hydrogen) atoms. The van der Waals surface area contributed by atoms with Crippen molar-refractivity contribution < 1.29 is 9.53 Å². The quantitative estimate of drug-likeness (QED) is 0.851. The largest absolute Gasteiger partial charge is 0.378 e. The fourth-order valence-corrected chi connectivity index (χ4v) is 4.05. The number of carbonyl (C=O) groups excluding carboxylic acids is 1. The number of piperidine rings is 1. The van der Waals surface area contributed by atoms with Gasteiger partial charge in [-0.15, -0.1) is 0 Å². The minimum absolute atomic E-state index is 0.267. The van der Waals surface area contributed by atoms with Crippen molar-refractivity contribution in [2.45, 2.75) is 43.9 Å². The van der Waals surface area contributed by atoms with Crippen molar-refractivity contribution in [1.29, 1.82) is 0 Å². The second kappa shape index (κ2) is 6.21. The van der Waals surface area contributed by atoms with Crippen LogP contribution in [-0.2, 0) is 9.53 Å². The first-order chi connectivity index (χ1) is 11.3. The number of ether oxygens (including phenoxy) is 1. The molecule has 0 aromatic carbocycles. The van der Waals surface area contributed by atoms with Crippen LogP contribution in [0, 0.1) is 5.92 Å². The average Bonchev–Trinajstić information content (AvgIpc) is 3.40. The summed E-state index contributed by atoms with van der Waals surface area (Å²) in [5.74, 6) is 0.741. The predicted octanol–water partition coefficient (Wildman–Crippen LogP) is 1.85. The zero-order chi connectivity index (χ0) is 15.8. The molecule has 0 N–H and O–H groups in total. The molecule has 0 spiro atoms. The lowest BCUT2D eigenvalue weighted by molar-refractivity contribution is -0.138. The van der Waals surface area contributed by atoms with Crippen LogP contribution in [0.3, 0.4) is 0 Å². The highest BCUT2D eigenvalue weighted by Gasteiger charge is 2.45. The lowest BCUT2D eigenvalue weighted by Crippen LogP contribution is -2.60. The first-order valence-electron chi connectivity index (χ1n) is 8.75. The standard InChI is InChI=1S/C18H25N3O2/c1-23-16-12-21(17(16)13-4-8-19-9-5-13)15-6-10-20(11-7-15)18(22)14-2-3-14/h4-5,8-9,14-17H,2-3,6-7,10-12H2,1H3. The number of pyridine rings is 1. The molecule has 0 bridgehead atoms. The van der Waals surface area contributed by atoms with Crippen LogP contribution in [0.5, 0.6) is 0 Å². The molecule has 3 aliphatic rings. The van der Waals surface area contributed by atoms with Crippen molar-refractivity contribution in [3.05, 3.63) is 30.1 Å². The van der Waals surface area contributed by atoms with E-state index in [1.807, 2.05) is 12.4 Å². The molecule has 2 atom stereocenters. The Morgan fingerprint density at radius 2 is 1.87 bits per heavy atom. The van der Waals surface area contributed by atoms with Gasteiger partial charge in [-0.1, -0.05) is 0 Å². The topological polar surface area (TPSA) is 45.7 Å². The number of nitrogens with zero attached hydrogens (tertiary/aromatic N) is 3. The van der Waals surface area contributed by atoms with Crippen LogP contribution in [0.1, 0.15) is 37.3 Å². The fraction of sp³-hybridized carbons (Fsp3) is 0.667. The molecular weight excluding hydrogens is 290 g/mol. The Balaban J connectivity index is 1.39. The van der Waals surface area contributed by atoms with Gasteiger partial charge in [0.2, 0.25) is 5.91 Å². The summed E-state index contributed by atoms with van der Waals surface area (Å²) in [7, 11) is 1.80. The van der Waals surface area contributed by atoms with Gasteiger partial charge in [-0.25, -0.2) is 0 Å². The second-order valence-electron chi connectivity index (χ2n) is 7.03. The second-order valence-corrected chi connectivity index (χ2v) is 7.03. The number of methoxy groups -OCH3 is 1. The van der Waals surface area contributed by atoms with Gasteiger partial charge in [-0.3, -0.25) is 14.7 Å². The van der Waals surface area contributed by atoms with E-state index in [4.69, 9.17) is 4.74 Å². The van der Waals surface area contributed by atoms with Crippen LogP contribution < -0.4 is 0 Å². The van der Waals surface area contributed by atoms with E-state index in [1.54, 1.807) is 7.11 Å². The van der Waals surface area contributed by atoms with Gasteiger partial charge < -0.3 is 9.64 Å². The van der Waals surface area contributed by atoms with E-state index in [9.17, 15) is 4.79 Å². The summed E-state index contributed by atoms with van der Waals surface area (Å²) >= 11 is 0. The summed E-state index contributed by atoms with van der Waals surface area (Å²) in [4.78, 5) is 21.0. The van der Waals surface area contributed by atoms with Crippen molar-refractivity contribution >= 4 is 5.91 Å². The van der Waals surface area contributed by atoms with E-state index in [0.29, 0.717) is 23.9 Å². The Kier molecular flexibility index (Phi) is 4.07. The van der Waals surface area contributed by atoms with Crippen molar-refractivity contribution in [2.24, 2.45) is 5.92 Å². The monoisotopic (exact) mass is 315 g/mol. The molecule has 1 aromatic rings. The summed E-state index contributed by atoms with van der Waals surface area (Å²) < 4.78 is 5.65. The van der Waals surface area contributed by atoms with Crippen molar-refractivity contribution in [3.8, 4) is 0 Å². The predicted molar refractivity (Wildman–Crippen MR) is 86.8 cm³/mol. The van der Waals surface area contributed by atoms with Gasteiger partial charge in [0.25, 0.3) is 0 Å². The van der Waals surface area contributed by atoms with Crippen LogP contribution in [-0.4, -0.2) is 59.6 Å². The summed E-state index contributed by atoms with van der Waals surface area (Å²) in [5, 5.41) is 0. The van der Waals surface area contributed by atoms with E-state index in [2.05, 4.69) is 26.9 Å². The highest BCUT2D eigenvalue weighted by atomic mass is 16.5. The third kappa shape index (κ3) is 2.88. The van der Waals surface area contributed by atoms with Gasteiger partial charge in [-0.2, -0.15) is 0 Å². The van der Waals surface area contributed by atoms with Crippen LogP contribution >= 0.6 is 0 Å². The highest BCUT2D eigenvalue weighted by molar-refractivity contribution is 5.81. The molecule has 0 radical (unpaired) electrons. The molecule has 1 aromatic heterocycles. The normalized spacial score (nSPS) is 29.3. The number of amides is 1. The number of hydrogen-bond donors (Lipinski definition) is 0. The van der Waals surface area contributed by atoms with E-state index >= 15 is 0 Å². The molecule has 5 heteroatoms. The van der Waals surface area contributed by atoms with Crippen LogP contribution in [0.25, 0.3) is 0 Å². The van der Waals surface area contributed by atoms with Crippen LogP contribution in [0.2, 0.25) is 0 Å². The van der Waals surface area contributed by atoms with E-state index in [1.165, 1.54) is 5.56 Å². The highest BCUT2D eigenvalue weighted by Crippen LogP contribution is 2.40. The average molecular weight is 315 g/mol. The number of aromatic nitrogens is 1. The first kappa shape index (κ1) is 15.1. The number of likely N-dealkylation sites (tertiary alicyclic amines) is 2. The van der Waals surface area contributed by atoms with Gasteiger partial charge in [0.15, 0.2) is 0 Å². The van der Waals surface area contributed by atoms with Gasteiger partial charge in [0.1, 0.15) is 0 Å². The van der Waals surface area contributed by atoms with Gasteiger partial charge >= 0.3 is 0 Å². The lowest BCUT2D eigenvalue weighted by atomic mass is 9.87. The fourth-order valence-electron chi connectivity index (χ4n) is 4.05. The molecule has 3 heterocycles. The van der Waals surface area contributed by atoms with Gasteiger partial charge in [-0.05, 0) is 43.4 Å². The molecule has 1 saturated carbocycles. The molecule has 124 valence electrons. The lowest BCUT2D eigenvalue weighted by Gasteiger charge is -2.53. The van der Waals surface area contributed by atoms with Crippen molar-refractivity contribution in [1.82, 2.24) is 14.8 Å². The number of rotatable bonds is 4. The van der Waals surface area contributed by atoms with E-state index in [0.717, 1.165) is 45.3 Å². The van der Waals surface area contributed by atoms with Gasteiger partial charge in [0, 0.05) is 51.1 Å². The Hall–Kier alpha value is -1.46. The Bertz CT molecular complexity index is 553. The molecule has 2 saturated heterocycles. The van der Waals surface area contributed by atoms with Crippen LogP contribution in [0.15, 0.2) is 24.5 Å². The SMILES string of the molecule is COC1CN(C2CCN(C(=O)C3CC3)CC2)C1c1ccncc1. The summed E-state index contributed by atoms with van der Waals surface area (Å²) in [6, 6.07) is 5.07. The smallest absolute Gasteiger partial charge is 0.225 e. The molecule has 5 nitrogen and oxygen atoms in total. The number of carbonyl (C=O) groups is 1. The van der Waals surface area contributed by atoms with Crippen LogP contribution in [0.4, 0.5) is 0 Å². The number of hydrogen-bond acceptors (Lipinski definition) is 4. The Morgan fingerprint density at radius 1 is 1.17 bits per heavy atom. The minimum atomic E-state index is 0.267. The molecule has 3 fully saturated rings.